The average molecular weight is 631 g/mol. The quantitative estimate of drug-likeness (QED) is 0.0332. The van der Waals surface area contributed by atoms with E-state index in [9.17, 15) is 19.4 Å². The summed E-state index contributed by atoms with van der Waals surface area (Å²) >= 11 is 0. The summed E-state index contributed by atoms with van der Waals surface area (Å²) in [5.74, 6) is -0.208. The Bertz CT molecular complexity index is 734. The molecule has 0 aliphatic rings. The molecule has 0 saturated carbocycles. The van der Waals surface area contributed by atoms with Crippen LogP contribution in [0, 0.1) is 0 Å². The summed E-state index contributed by atoms with van der Waals surface area (Å²) in [5, 5.41) is 13.5. The number of hydrogen-bond acceptors (Lipinski definition) is 6. The summed E-state index contributed by atoms with van der Waals surface area (Å²) in [6, 6.07) is -0.869. The number of nitrogens with two attached hydrogens (primary N) is 1. The molecular weight excluding hydrogens is 563 g/mol. The fourth-order valence-electron chi connectivity index (χ4n) is 4.85. The first-order valence-corrected chi connectivity index (χ1v) is 19.0. The van der Waals surface area contributed by atoms with Crippen LogP contribution in [0.4, 0.5) is 0 Å². The van der Waals surface area contributed by atoms with Crippen LogP contribution in [0.5, 0.6) is 0 Å². The third-order valence-corrected chi connectivity index (χ3v) is 8.51. The predicted octanol–water partition coefficient (Wildman–Crippen LogP) is 8.66. The summed E-state index contributed by atoms with van der Waals surface area (Å²) in [5.41, 5.74) is 5.34. The highest BCUT2D eigenvalue weighted by molar-refractivity contribution is 7.47. The third kappa shape index (κ3) is 29.5. The molecule has 254 valence electrons. The minimum atomic E-state index is -4.33. The highest BCUT2D eigenvalue weighted by Crippen LogP contribution is 2.43. The van der Waals surface area contributed by atoms with Gasteiger partial charge in [-0.1, -0.05) is 141 Å². The second-order valence-corrected chi connectivity index (χ2v) is 13.2. The van der Waals surface area contributed by atoms with Crippen molar-refractivity contribution in [2.45, 2.75) is 167 Å². The van der Waals surface area contributed by atoms with Gasteiger partial charge in [-0.05, 0) is 32.1 Å². The van der Waals surface area contributed by atoms with Crippen LogP contribution in [-0.4, -0.2) is 47.8 Å². The monoisotopic (exact) mass is 630 g/mol. The zero-order chi connectivity index (χ0) is 31.9. The SMILES string of the molecule is CCCCCCCCCC/C=C/CC/C=C/C(O)C(COP(=O)(O)OCCN)NC(=O)CCCCCCCCCCCC. The van der Waals surface area contributed by atoms with Gasteiger partial charge < -0.3 is 21.1 Å². The van der Waals surface area contributed by atoms with Gasteiger partial charge in [-0.3, -0.25) is 13.8 Å². The van der Waals surface area contributed by atoms with Crippen LogP contribution in [0.3, 0.4) is 0 Å². The Hall–Kier alpha value is -1.02. The molecule has 0 saturated heterocycles. The number of phosphoric ester groups is 1. The number of hydrogen-bond donors (Lipinski definition) is 4. The number of aliphatic hydroxyl groups is 1. The van der Waals surface area contributed by atoms with Crippen LogP contribution >= 0.6 is 7.82 Å². The molecule has 0 rings (SSSR count). The second kappa shape index (κ2) is 31.0. The summed E-state index contributed by atoms with van der Waals surface area (Å²) in [6.07, 6.45) is 32.2. The van der Waals surface area contributed by atoms with Crippen LogP contribution in [0.25, 0.3) is 0 Å². The van der Waals surface area contributed by atoms with Crippen LogP contribution in [0.1, 0.15) is 155 Å². The number of nitrogens with one attached hydrogen (secondary N) is 1. The highest BCUT2D eigenvalue weighted by Gasteiger charge is 2.26. The maximum Gasteiger partial charge on any atom is 0.472 e. The second-order valence-electron chi connectivity index (χ2n) is 11.7. The number of unbranched alkanes of at least 4 members (excludes halogenated alkanes) is 18. The minimum absolute atomic E-state index is 0.0753. The molecule has 0 spiro atoms. The minimum Gasteiger partial charge on any atom is -0.387 e. The molecule has 0 aliphatic heterocycles. The fraction of sp³-hybridized carbons (Fsp3) is 0.853. The van der Waals surface area contributed by atoms with Crippen LogP contribution in [0.2, 0.25) is 0 Å². The Morgan fingerprint density at radius 3 is 1.79 bits per heavy atom. The first kappa shape index (κ1) is 42.0. The molecule has 0 aliphatic carbocycles. The lowest BCUT2D eigenvalue weighted by molar-refractivity contribution is -0.123. The van der Waals surface area contributed by atoms with Crippen molar-refractivity contribution in [1.29, 1.82) is 0 Å². The number of phosphoric acid groups is 1. The van der Waals surface area contributed by atoms with Crippen molar-refractivity contribution in [3.05, 3.63) is 24.3 Å². The standard InChI is InChI=1S/C34H67N2O6P/c1-3-5-7-9-11-13-15-16-17-18-19-21-23-25-27-33(37)32(31-42-43(39,40)41-30-29-35)36-34(38)28-26-24-22-20-14-12-10-8-6-4-2/h18-19,25,27,32-33,37H,3-17,20-24,26,28-31,35H2,1-2H3,(H,36,38)(H,39,40)/b19-18+,27-25+. The largest absolute Gasteiger partial charge is 0.472 e. The number of aliphatic hydroxyl groups excluding tert-OH is 1. The van der Waals surface area contributed by atoms with Crippen molar-refractivity contribution < 1.29 is 28.4 Å². The molecule has 3 unspecified atom stereocenters. The van der Waals surface area contributed by atoms with E-state index in [0.29, 0.717) is 6.42 Å². The maximum absolute atomic E-state index is 12.6. The first-order valence-electron chi connectivity index (χ1n) is 17.5. The van der Waals surface area contributed by atoms with Gasteiger partial charge >= 0.3 is 7.82 Å². The van der Waals surface area contributed by atoms with E-state index in [1.54, 1.807) is 6.08 Å². The van der Waals surface area contributed by atoms with E-state index in [1.165, 1.54) is 96.3 Å². The molecule has 0 aromatic rings. The Labute approximate surface area is 264 Å². The summed E-state index contributed by atoms with van der Waals surface area (Å²) in [7, 11) is -4.33. The molecule has 0 fully saturated rings. The van der Waals surface area contributed by atoms with Crippen molar-refractivity contribution in [2.24, 2.45) is 5.73 Å². The van der Waals surface area contributed by atoms with E-state index in [2.05, 4.69) is 31.3 Å². The van der Waals surface area contributed by atoms with Crippen molar-refractivity contribution in [3.8, 4) is 0 Å². The number of amides is 1. The zero-order valence-corrected chi connectivity index (χ0v) is 28.6. The van der Waals surface area contributed by atoms with Crippen molar-refractivity contribution >= 4 is 13.7 Å². The Balaban J connectivity index is 4.43. The lowest BCUT2D eigenvalue weighted by atomic mass is 10.1. The van der Waals surface area contributed by atoms with E-state index in [1.807, 2.05) is 6.08 Å². The molecule has 0 bridgehead atoms. The first-order chi connectivity index (χ1) is 20.9. The fourth-order valence-corrected chi connectivity index (χ4v) is 5.61. The van der Waals surface area contributed by atoms with E-state index in [0.717, 1.165) is 38.5 Å². The van der Waals surface area contributed by atoms with Gasteiger partial charge in [-0.25, -0.2) is 4.57 Å². The molecule has 0 radical (unpaired) electrons. The van der Waals surface area contributed by atoms with Gasteiger partial charge in [0, 0.05) is 13.0 Å². The lowest BCUT2D eigenvalue weighted by Gasteiger charge is -2.23. The van der Waals surface area contributed by atoms with Gasteiger partial charge in [0.15, 0.2) is 0 Å². The van der Waals surface area contributed by atoms with Crippen molar-refractivity contribution in [3.63, 3.8) is 0 Å². The van der Waals surface area contributed by atoms with Crippen molar-refractivity contribution in [2.75, 3.05) is 19.8 Å². The highest BCUT2D eigenvalue weighted by atomic mass is 31.2. The molecule has 43 heavy (non-hydrogen) atoms. The summed E-state index contributed by atoms with van der Waals surface area (Å²) < 4.78 is 21.9. The molecule has 3 atom stereocenters. The van der Waals surface area contributed by atoms with Crippen LogP contribution in [-0.2, 0) is 18.4 Å². The Morgan fingerprint density at radius 1 is 0.744 bits per heavy atom. The lowest BCUT2D eigenvalue weighted by Crippen LogP contribution is -2.45. The average Bonchev–Trinajstić information content (AvgIpc) is 2.99. The van der Waals surface area contributed by atoms with Gasteiger partial charge in [0.25, 0.3) is 0 Å². The summed E-state index contributed by atoms with van der Waals surface area (Å²) in [4.78, 5) is 22.5. The Morgan fingerprint density at radius 2 is 1.23 bits per heavy atom. The topological polar surface area (TPSA) is 131 Å². The molecule has 0 aromatic heterocycles. The predicted molar refractivity (Wildman–Crippen MR) is 180 cm³/mol. The molecule has 8 nitrogen and oxygen atoms in total. The van der Waals surface area contributed by atoms with Crippen LogP contribution in [0.15, 0.2) is 24.3 Å². The van der Waals surface area contributed by atoms with Gasteiger partial charge in [0.1, 0.15) is 0 Å². The zero-order valence-electron chi connectivity index (χ0n) is 27.7. The van der Waals surface area contributed by atoms with Gasteiger partial charge in [0.05, 0.1) is 25.4 Å². The molecule has 5 N–H and O–H groups in total. The third-order valence-electron chi connectivity index (χ3n) is 7.53. The van der Waals surface area contributed by atoms with Gasteiger partial charge in [0.2, 0.25) is 5.91 Å². The number of carbonyl (C=O) groups is 1. The van der Waals surface area contributed by atoms with Crippen LogP contribution < -0.4 is 11.1 Å². The van der Waals surface area contributed by atoms with E-state index < -0.39 is 20.0 Å². The number of rotatable bonds is 32. The number of allylic oxidation sites excluding steroid dienone is 3. The summed E-state index contributed by atoms with van der Waals surface area (Å²) in [6.45, 7) is 4.07. The van der Waals surface area contributed by atoms with Gasteiger partial charge in [-0.2, -0.15) is 0 Å². The molecule has 9 heteroatoms. The van der Waals surface area contributed by atoms with Gasteiger partial charge in [-0.15, -0.1) is 0 Å². The van der Waals surface area contributed by atoms with Crippen molar-refractivity contribution in [1.82, 2.24) is 5.32 Å². The molecular formula is C34H67N2O6P. The molecule has 0 heterocycles. The van der Waals surface area contributed by atoms with E-state index in [-0.39, 0.29) is 25.7 Å². The molecule has 1 amide bonds. The normalized spacial score (nSPS) is 14.8. The number of carbonyl (C=O) groups excluding carboxylic acids is 1. The Kier molecular flexibility index (Phi) is 30.2. The smallest absolute Gasteiger partial charge is 0.387 e. The molecule has 0 aromatic carbocycles. The van der Waals surface area contributed by atoms with E-state index in [4.69, 9.17) is 14.8 Å². The maximum atomic E-state index is 12.6. The van der Waals surface area contributed by atoms with E-state index >= 15 is 0 Å².